The third-order valence-corrected chi connectivity index (χ3v) is 3.52. The smallest absolute Gasteiger partial charge is 0.308 e. The van der Waals surface area contributed by atoms with Crippen LogP contribution in [0, 0.1) is 0 Å². The number of carbonyl (C=O) groups excluding carboxylic acids is 3. The third kappa shape index (κ3) is 9.90. The van der Waals surface area contributed by atoms with E-state index in [1.807, 2.05) is 30.3 Å². The van der Waals surface area contributed by atoms with Crippen molar-refractivity contribution in [2.24, 2.45) is 0 Å². The van der Waals surface area contributed by atoms with Crippen molar-refractivity contribution in [3.63, 3.8) is 0 Å². The van der Waals surface area contributed by atoms with Crippen LogP contribution in [0.4, 0.5) is 0 Å². The monoisotopic (exact) mass is 365 g/mol. The Labute approximate surface area is 154 Å². The molecule has 1 rings (SSSR count). The minimum atomic E-state index is -0.880. The molecule has 0 aliphatic carbocycles. The molecule has 1 aromatic carbocycles. The van der Waals surface area contributed by atoms with Gasteiger partial charge < -0.3 is 19.5 Å². The summed E-state index contributed by atoms with van der Waals surface area (Å²) in [6, 6.07) is 8.37. The Morgan fingerprint density at radius 2 is 1.81 bits per heavy atom. The molecule has 0 radical (unpaired) electrons. The van der Waals surface area contributed by atoms with Crippen LogP contribution in [-0.2, 0) is 35.2 Å². The van der Waals surface area contributed by atoms with Gasteiger partial charge in [0.1, 0.15) is 6.61 Å². The molecule has 1 atom stereocenters. The second-order valence-corrected chi connectivity index (χ2v) is 5.78. The van der Waals surface area contributed by atoms with Crippen molar-refractivity contribution in [3.05, 3.63) is 35.9 Å². The van der Waals surface area contributed by atoms with Gasteiger partial charge in [0.15, 0.2) is 5.78 Å². The van der Waals surface area contributed by atoms with Gasteiger partial charge in [-0.2, -0.15) is 0 Å². The molecule has 0 spiro atoms. The first kappa shape index (κ1) is 21.8. The van der Waals surface area contributed by atoms with Crippen LogP contribution >= 0.6 is 0 Å². The van der Waals surface area contributed by atoms with E-state index in [4.69, 9.17) is 14.2 Å². The average molecular weight is 365 g/mol. The third-order valence-electron chi connectivity index (χ3n) is 3.52. The number of carbonyl (C=O) groups is 3. The molecular formula is C19H27NO6. The van der Waals surface area contributed by atoms with Gasteiger partial charge in [-0.25, -0.2) is 0 Å². The molecule has 7 nitrogen and oxygen atoms in total. The Hall–Kier alpha value is -2.25. The van der Waals surface area contributed by atoms with E-state index in [-0.39, 0.29) is 31.1 Å². The lowest BCUT2D eigenvalue weighted by atomic mass is 10.0. The molecule has 0 bridgehead atoms. The number of ketones is 1. The van der Waals surface area contributed by atoms with Crippen LogP contribution in [0.2, 0.25) is 0 Å². The summed E-state index contributed by atoms with van der Waals surface area (Å²) in [7, 11) is 1.59. The average Bonchev–Trinajstić information content (AvgIpc) is 2.62. The Morgan fingerprint density at radius 1 is 1.08 bits per heavy atom. The lowest BCUT2D eigenvalue weighted by molar-refractivity contribution is -0.147. The van der Waals surface area contributed by atoms with Gasteiger partial charge in [-0.05, 0) is 12.0 Å². The highest BCUT2D eigenvalue weighted by Gasteiger charge is 2.23. The molecular weight excluding hydrogens is 338 g/mol. The van der Waals surface area contributed by atoms with Crippen LogP contribution in [0.5, 0.6) is 0 Å². The maximum atomic E-state index is 12.3. The number of benzene rings is 1. The number of nitrogens with one attached hydrogen (secondary N) is 1. The maximum absolute atomic E-state index is 12.3. The molecule has 1 N–H and O–H groups in total. The molecule has 0 aromatic heterocycles. The second kappa shape index (κ2) is 13.0. The van der Waals surface area contributed by atoms with Crippen molar-refractivity contribution in [1.29, 1.82) is 0 Å². The molecule has 26 heavy (non-hydrogen) atoms. The topological polar surface area (TPSA) is 90.9 Å². The first-order chi connectivity index (χ1) is 12.5. The van der Waals surface area contributed by atoms with E-state index in [9.17, 15) is 14.4 Å². The Balaban J connectivity index is 2.40. The molecule has 0 saturated carbocycles. The van der Waals surface area contributed by atoms with Crippen molar-refractivity contribution in [3.8, 4) is 0 Å². The van der Waals surface area contributed by atoms with E-state index in [1.165, 1.54) is 6.92 Å². The summed E-state index contributed by atoms with van der Waals surface area (Å²) in [4.78, 5) is 35.6. The van der Waals surface area contributed by atoms with E-state index in [1.54, 1.807) is 7.11 Å². The number of esters is 1. The van der Waals surface area contributed by atoms with Crippen LogP contribution in [0.3, 0.4) is 0 Å². The van der Waals surface area contributed by atoms with E-state index >= 15 is 0 Å². The predicted octanol–water partition coefficient (Wildman–Crippen LogP) is 1.64. The first-order valence-electron chi connectivity index (χ1n) is 8.59. The number of methoxy groups -OCH3 is 1. The normalized spacial score (nSPS) is 11.6. The fourth-order valence-corrected chi connectivity index (χ4v) is 2.22. The lowest BCUT2D eigenvalue weighted by Crippen LogP contribution is -2.41. The highest BCUT2D eigenvalue weighted by molar-refractivity contribution is 5.91. The SMILES string of the molecule is COCCOCCCC(=O)[C@H](CC(=O)OCc1ccccc1)NC(C)=O. The lowest BCUT2D eigenvalue weighted by Gasteiger charge is -2.16. The highest BCUT2D eigenvalue weighted by Crippen LogP contribution is 2.06. The van der Waals surface area contributed by atoms with Crippen molar-refractivity contribution in [2.45, 2.75) is 38.8 Å². The zero-order chi connectivity index (χ0) is 19.2. The van der Waals surface area contributed by atoms with Gasteiger partial charge in [0, 0.05) is 27.1 Å². The summed E-state index contributed by atoms with van der Waals surface area (Å²) in [5.41, 5.74) is 0.858. The molecule has 1 aromatic rings. The van der Waals surface area contributed by atoms with Gasteiger partial charge in [0.2, 0.25) is 5.91 Å². The highest BCUT2D eigenvalue weighted by atomic mass is 16.5. The standard InChI is InChI=1S/C19H27NO6/c1-15(21)20-17(18(22)9-6-10-25-12-11-24-2)13-19(23)26-14-16-7-4-3-5-8-16/h3-5,7-8,17H,6,9-14H2,1-2H3,(H,20,21)/t17-/m0/s1. The van der Waals surface area contributed by atoms with Gasteiger partial charge in [-0.15, -0.1) is 0 Å². The summed E-state index contributed by atoms with van der Waals surface area (Å²) < 4.78 is 15.3. The summed E-state index contributed by atoms with van der Waals surface area (Å²) in [5.74, 6) is -1.11. The number of ether oxygens (including phenoxy) is 3. The Kier molecular flexibility index (Phi) is 10.9. The number of hydrogen-bond acceptors (Lipinski definition) is 6. The molecule has 144 valence electrons. The predicted molar refractivity (Wildman–Crippen MR) is 95.4 cm³/mol. The first-order valence-corrected chi connectivity index (χ1v) is 8.59. The van der Waals surface area contributed by atoms with Gasteiger partial charge in [0.05, 0.1) is 25.7 Å². The zero-order valence-electron chi connectivity index (χ0n) is 15.4. The van der Waals surface area contributed by atoms with Crippen molar-refractivity contribution < 1.29 is 28.6 Å². The molecule has 0 aliphatic rings. The fourth-order valence-electron chi connectivity index (χ4n) is 2.22. The molecule has 0 fully saturated rings. The van der Waals surface area contributed by atoms with Crippen LogP contribution in [-0.4, -0.2) is 50.6 Å². The van der Waals surface area contributed by atoms with Crippen LogP contribution in [0.1, 0.15) is 31.7 Å². The number of Topliss-reactive ketones (excluding diaryl/α,β-unsaturated/α-hetero) is 1. The molecule has 0 unspecified atom stereocenters. The van der Waals surface area contributed by atoms with E-state index in [2.05, 4.69) is 5.32 Å². The van der Waals surface area contributed by atoms with E-state index < -0.39 is 12.0 Å². The van der Waals surface area contributed by atoms with E-state index in [0.29, 0.717) is 26.2 Å². The van der Waals surface area contributed by atoms with Crippen molar-refractivity contribution in [1.82, 2.24) is 5.32 Å². The molecule has 0 heterocycles. The zero-order valence-corrected chi connectivity index (χ0v) is 15.4. The summed E-state index contributed by atoms with van der Waals surface area (Å²) in [6.45, 7) is 2.82. The number of rotatable bonds is 13. The summed E-state index contributed by atoms with van der Waals surface area (Å²) >= 11 is 0. The van der Waals surface area contributed by atoms with Gasteiger partial charge in [-0.3, -0.25) is 14.4 Å². The quantitative estimate of drug-likeness (QED) is 0.422. The molecule has 7 heteroatoms. The largest absolute Gasteiger partial charge is 0.461 e. The minimum Gasteiger partial charge on any atom is -0.461 e. The molecule has 0 saturated heterocycles. The minimum absolute atomic E-state index is 0.133. The second-order valence-electron chi connectivity index (χ2n) is 5.78. The van der Waals surface area contributed by atoms with Gasteiger partial charge in [0.25, 0.3) is 0 Å². The fraction of sp³-hybridized carbons (Fsp3) is 0.526. The van der Waals surface area contributed by atoms with Gasteiger partial charge in [-0.1, -0.05) is 30.3 Å². The van der Waals surface area contributed by atoms with E-state index in [0.717, 1.165) is 5.56 Å². The van der Waals surface area contributed by atoms with Gasteiger partial charge >= 0.3 is 5.97 Å². The molecule has 0 aliphatic heterocycles. The van der Waals surface area contributed by atoms with Crippen LogP contribution in [0.15, 0.2) is 30.3 Å². The molecule has 1 amide bonds. The summed E-state index contributed by atoms with van der Waals surface area (Å²) in [6.07, 6.45) is 0.539. The van der Waals surface area contributed by atoms with Crippen LogP contribution in [0.25, 0.3) is 0 Å². The Morgan fingerprint density at radius 3 is 2.46 bits per heavy atom. The Bertz CT molecular complexity index is 560. The number of amides is 1. The van der Waals surface area contributed by atoms with Crippen molar-refractivity contribution in [2.75, 3.05) is 26.9 Å². The maximum Gasteiger partial charge on any atom is 0.308 e. The van der Waals surface area contributed by atoms with Crippen LogP contribution < -0.4 is 5.32 Å². The summed E-state index contributed by atoms with van der Waals surface area (Å²) in [5, 5.41) is 2.52. The van der Waals surface area contributed by atoms with Crippen molar-refractivity contribution >= 4 is 17.7 Å². The number of hydrogen-bond donors (Lipinski definition) is 1.